The van der Waals surface area contributed by atoms with Gasteiger partial charge in [0.25, 0.3) is 0 Å². The highest BCUT2D eigenvalue weighted by atomic mass is 32.2. The van der Waals surface area contributed by atoms with Gasteiger partial charge in [-0.2, -0.15) is 0 Å². The van der Waals surface area contributed by atoms with Crippen molar-refractivity contribution in [2.75, 3.05) is 24.7 Å². The second-order valence-corrected chi connectivity index (χ2v) is 6.94. The molecule has 8 heteroatoms. The molecule has 0 fully saturated rings. The van der Waals surface area contributed by atoms with Gasteiger partial charge in [-0.15, -0.1) is 0 Å². The van der Waals surface area contributed by atoms with Gasteiger partial charge in [0, 0.05) is 19.2 Å². The van der Waals surface area contributed by atoms with Crippen molar-refractivity contribution in [2.45, 2.75) is 6.42 Å². The quantitative estimate of drug-likeness (QED) is 0.798. The van der Waals surface area contributed by atoms with E-state index in [9.17, 15) is 12.8 Å². The molecule has 0 spiro atoms. The minimum atomic E-state index is -3.13. The Morgan fingerprint density at radius 1 is 1.37 bits per heavy atom. The number of aromatic nitrogens is 1. The molecular weight excluding hydrogens is 289 g/mol. The topological polar surface area (TPSA) is 71.1 Å². The summed E-state index contributed by atoms with van der Waals surface area (Å²) in [5.74, 6) is -0.304. The van der Waals surface area contributed by atoms with Crippen molar-refractivity contribution in [3.63, 3.8) is 0 Å². The maximum atomic E-state index is 13.0. The normalized spacial score (nSPS) is 11.9. The second kappa shape index (κ2) is 5.81. The van der Waals surface area contributed by atoms with E-state index >= 15 is 0 Å². The minimum Gasteiger partial charge on any atom is -0.361 e. The fourth-order valence-electron chi connectivity index (χ4n) is 1.52. The van der Waals surface area contributed by atoms with Crippen molar-refractivity contribution in [2.24, 2.45) is 0 Å². The van der Waals surface area contributed by atoms with Crippen LogP contribution >= 0.6 is 11.3 Å². The van der Waals surface area contributed by atoms with Crippen LogP contribution in [0.15, 0.2) is 18.2 Å². The summed E-state index contributed by atoms with van der Waals surface area (Å²) in [5, 5.41) is 3.80. The van der Waals surface area contributed by atoms with Crippen LogP contribution < -0.4 is 10.0 Å². The monoisotopic (exact) mass is 303 g/mol. The van der Waals surface area contributed by atoms with Crippen molar-refractivity contribution < 1.29 is 12.8 Å². The number of hydrogen-bond acceptors (Lipinski definition) is 5. The second-order valence-electron chi connectivity index (χ2n) is 4.08. The van der Waals surface area contributed by atoms with Gasteiger partial charge in [-0.25, -0.2) is 22.5 Å². The van der Waals surface area contributed by atoms with Gasteiger partial charge >= 0.3 is 0 Å². The Morgan fingerprint density at radius 3 is 2.89 bits per heavy atom. The molecule has 0 aliphatic heterocycles. The molecule has 19 heavy (non-hydrogen) atoms. The minimum absolute atomic E-state index is 0.304. The number of nitrogens with one attached hydrogen (secondary N) is 2. The molecule has 0 aliphatic rings. The molecule has 2 aromatic rings. The Bertz CT molecular complexity index is 670. The molecule has 1 heterocycles. The summed E-state index contributed by atoms with van der Waals surface area (Å²) in [6, 6.07) is 4.49. The van der Waals surface area contributed by atoms with Gasteiger partial charge in [-0.05, 0) is 18.6 Å². The van der Waals surface area contributed by atoms with Crippen LogP contribution in [0.4, 0.5) is 9.52 Å². The van der Waals surface area contributed by atoms with E-state index < -0.39 is 10.0 Å². The standard InChI is InChI=1S/C11H14FN3O2S2/c1-19(16,17)14-6-2-5-13-11-15-9-7-8(12)3-4-10(9)18-11/h3-4,7,14H,2,5-6H2,1H3,(H,13,15). The molecule has 1 aromatic heterocycles. The van der Waals surface area contributed by atoms with Gasteiger partial charge in [0.2, 0.25) is 10.0 Å². The summed E-state index contributed by atoms with van der Waals surface area (Å²) in [6.07, 6.45) is 1.78. The number of halogens is 1. The number of benzene rings is 1. The molecule has 5 nitrogen and oxygen atoms in total. The average Bonchev–Trinajstić information content (AvgIpc) is 2.68. The number of sulfonamides is 1. The van der Waals surface area contributed by atoms with E-state index in [1.165, 1.54) is 23.5 Å². The molecule has 0 saturated heterocycles. The molecule has 0 unspecified atom stereocenters. The lowest BCUT2D eigenvalue weighted by molar-refractivity contribution is 0.586. The van der Waals surface area contributed by atoms with Gasteiger partial charge in [0.05, 0.1) is 16.5 Å². The van der Waals surface area contributed by atoms with Gasteiger partial charge in [0.15, 0.2) is 5.13 Å². The zero-order valence-corrected chi connectivity index (χ0v) is 11.9. The lowest BCUT2D eigenvalue weighted by Gasteiger charge is -2.03. The van der Waals surface area contributed by atoms with E-state index in [2.05, 4.69) is 15.0 Å². The lowest BCUT2D eigenvalue weighted by Crippen LogP contribution is -2.24. The molecule has 0 saturated carbocycles. The van der Waals surface area contributed by atoms with Crippen LogP contribution in [0.5, 0.6) is 0 Å². The maximum absolute atomic E-state index is 13.0. The third kappa shape index (κ3) is 4.41. The van der Waals surface area contributed by atoms with Gasteiger partial charge in [-0.3, -0.25) is 0 Å². The number of nitrogens with zero attached hydrogens (tertiary/aromatic N) is 1. The Morgan fingerprint density at radius 2 is 2.16 bits per heavy atom. The fraction of sp³-hybridized carbons (Fsp3) is 0.364. The third-order valence-electron chi connectivity index (χ3n) is 2.34. The van der Waals surface area contributed by atoms with E-state index in [4.69, 9.17) is 0 Å². The third-order valence-corrected chi connectivity index (χ3v) is 4.07. The van der Waals surface area contributed by atoms with Crippen molar-refractivity contribution in [1.29, 1.82) is 0 Å². The first-order valence-corrected chi connectivity index (χ1v) is 8.39. The zero-order chi connectivity index (χ0) is 13.9. The van der Waals surface area contributed by atoms with Gasteiger partial charge < -0.3 is 5.32 Å². The van der Waals surface area contributed by atoms with Gasteiger partial charge in [0.1, 0.15) is 5.82 Å². The van der Waals surface area contributed by atoms with Crippen LogP contribution in [0.25, 0.3) is 10.2 Å². The number of fused-ring (bicyclic) bond motifs is 1. The molecule has 2 rings (SSSR count). The summed E-state index contributed by atoms with van der Waals surface area (Å²) < 4.78 is 38.0. The Balaban J connectivity index is 1.85. The van der Waals surface area contributed by atoms with E-state index in [0.29, 0.717) is 30.2 Å². The first-order valence-electron chi connectivity index (χ1n) is 5.69. The molecule has 2 N–H and O–H groups in total. The molecule has 0 aliphatic carbocycles. The average molecular weight is 303 g/mol. The molecule has 0 amide bonds. The number of anilines is 1. The zero-order valence-electron chi connectivity index (χ0n) is 10.3. The molecule has 0 bridgehead atoms. The first kappa shape index (κ1) is 14.2. The first-order chi connectivity index (χ1) is 8.94. The van der Waals surface area contributed by atoms with Crippen molar-refractivity contribution in [1.82, 2.24) is 9.71 Å². The Hall–Kier alpha value is -1.25. The van der Waals surface area contributed by atoms with Crippen LogP contribution in [-0.2, 0) is 10.0 Å². The Labute approximate surface area is 114 Å². The number of hydrogen-bond donors (Lipinski definition) is 2. The summed E-state index contributed by atoms with van der Waals surface area (Å²) in [4.78, 5) is 4.25. The molecule has 0 radical (unpaired) electrons. The van der Waals surface area contributed by atoms with E-state index in [0.717, 1.165) is 11.0 Å². The molecule has 0 atom stereocenters. The number of rotatable bonds is 6. The summed E-state index contributed by atoms with van der Waals surface area (Å²) in [7, 11) is -3.13. The summed E-state index contributed by atoms with van der Waals surface area (Å²) >= 11 is 1.44. The van der Waals surface area contributed by atoms with Crippen LogP contribution in [-0.4, -0.2) is 32.7 Å². The number of thiazole rings is 1. The van der Waals surface area contributed by atoms with Crippen molar-refractivity contribution >= 4 is 36.7 Å². The highest BCUT2D eigenvalue weighted by Gasteiger charge is 2.04. The summed E-state index contributed by atoms with van der Waals surface area (Å²) in [5.41, 5.74) is 0.627. The predicted octanol–water partition coefficient (Wildman–Crippen LogP) is 1.79. The van der Waals surface area contributed by atoms with Crippen molar-refractivity contribution in [3.05, 3.63) is 24.0 Å². The maximum Gasteiger partial charge on any atom is 0.208 e. The van der Waals surface area contributed by atoms with Crippen LogP contribution in [0.3, 0.4) is 0 Å². The van der Waals surface area contributed by atoms with Crippen LogP contribution in [0, 0.1) is 5.82 Å². The van der Waals surface area contributed by atoms with Crippen LogP contribution in [0.1, 0.15) is 6.42 Å². The largest absolute Gasteiger partial charge is 0.361 e. The smallest absolute Gasteiger partial charge is 0.208 e. The molecule has 104 valence electrons. The highest BCUT2D eigenvalue weighted by molar-refractivity contribution is 7.88. The lowest BCUT2D eigenvalue weighted by atomic mass is 10.3. The predicted molar refractivity (Wildman–Crippen MR) is 75.5 cm³/mol. The van der Waals surface area contributed by atoms with Crippen molar-refractivity contribution in [3.8, 4) is 0 Å². The molecular formula is C11H14FN3O2S2. The van der Waals surface area contributed by atoms with E-state index in [-0.39, 0.29) is 5.82 Å². The fourth-order valence-corrected chi connectivity index (χ4v) is 2.90. The van der Waals surface area contributed by atoms with Crippen LogP contribution in [0.2, 0.25) is 0 Å². The SMILES string of the molecule is CS(=O)(=O)NCCCNc1nc2cc(F)ccc2s1. The summed E-state index contributed by atoms with van der Waals surface area (Å²) in [6.45, 7) is 0.982. The highest BCUT2D eigenvalue weighted by Crippen LogP contribution is 2.26. The molecule has 1 aromatic carbocycles. The Kier molecular flexibility index (Phi) is 4.33. The van der Waals surface area contributed by atoms with E-state index in [1.807, 2.05) is 0 Å². The van der Waals surface area contributed by atoms with Gasteiger partial charge in [-0.1, -0.05) is 11.3 Å². The van der Waals surface area contributed by atoms with E-state index in [1.54, 1.807) is 6.07 Å².